The zero-order valence-electron chi connectivity index (χ0n) is 9.88. The first-order valence-corrected chi connectivity index (χ1v) is 5.49. The average molecular weight is 237 g/mol. The van der Waals surface area contributed by atoms with E-state index in [4.69, 9.17) is 0 Å². The van der Waals surface area contributed by atoms with Gasteiger partial charge in [0.15, 0.2) is 0 Å². The molecule has 0 unspecified atom stereocenters. The fraction of sp³-hybridized carbons (Fsp3) is 0.0667. The molecule has 0 spiro atoms. The second-order valence-electron chi connectivity index (χ2n) is 3.87. The first-order chi connectivity index (χ1) is 8.66. The highest BCUT2D eigenvalue weighted by Crippen LogP contribution is 2.11. The molecule has 0 N–H and O–H groups in total. The predicted molar refractivity (Wildman–Crippen MR) is 70.3 cm³/mol. The molecule has 0 atom stereocenters. The van der Waals surface area contributed by atoms with E-state index in [2.05, 4.69) is 11.8 Å². The first-order valence-electron chi connectivity index (χ1n) is 5.49. The third-order valence-electron chi connectivity index (χ3n) is 2.56. The van der Waals surface area contributed by atoms with Gasteiger partial charge in [-0.3, -0.25) is 10.1 Å². The summed E-state index contributed by atoms with van der Waals surface area (Å²) in [6.07, 6.45) is 0. The monoisotopic (exact) mass is 237 g/mol. The van der Waals surface area contributed by atoms with Crippen molar-refractivity contribution in [3.8, 4) is 11.8 Å². The molecule has 3 heteroatoms. The Labute approximate surface area is 105 Å². The molecule has 3 nitrogen and oxygen atoms in total. The van der Waals surface area contributed by atoms with Crippen LogP contribution in [0.4, 0.5) is 5.69 Å². The van der Waals surface area contributed by atoms with Gasteiger partial charge in [-0.15, -0.1) is 0 Å². The summed E-state index contributed by atoms with van der Waals surface area (Å²) >= 11 is 0. The van der Waals surface area contributed by atoms with Crippen LogP contribution in [0.2, 0.25) is 0 Å². The minimum absolute atomic E-state index is 0.0800. The zero-order chi connectivity index (χ0) is 13.0. The predicted octanol–water partition coefficient (Wildman–Crippen LogP) is 3.30. The van der Waals surface area contributed by atoms with E-state index in [1.54, 1.807) is 12.1 Å². The smallest absolute Gasteiger partial charge is 0.258 e. The normalized spacial score (nSPS) is 9.39. The molecule has 0 heterocycles. The molecular formula is C15H11NO2. The van der Waals surface area contributed by atoms with E-state index in [1.807, 2.05) is 31.2 Å². The van der Waals surface area contributed by atoms with Crippen molar-refractivity contribution in [1.29, 1.82) is 0 Å². The SMILES string of the molecule is Cc1ccccc1C#Cc1ccc([N+](=O)[O-])cc1. The molecule has 88 valence electrons. The third-order valence-corrected chi connectivity index (χ3v) is 2.56. The summed E-state index contributed by atoms with van der Waals surface area (Å²) in [6.45, 7) is 2.00. The summed E-state index contributed by atoms with van der Waals surface area (Å²) < 4.78 is 0. The van der Waals surface area contributed by atoms with Gasteiger partial charge in [0, 0.05) is 23.3 Å². The molecule has 0 saturated carbocycles. The van der Waals surface area contributed by atoms with Crippen LogP contribution in [0.1, 0.15) is 16.7 Å². The molecule has 0 bridgehead atoms. The van der Waals surface area contributed by atoms with Crippen LogP contribution < -0.4 is 0 Å². The Morgan fingerprint density at radius 2 is 1.67 bits per heavy atom. The Morgan fingerprint density at radius 1 is 1.00 bits per heavy atom. The number of hydrogen-bond donors (Lipinski definition) is 0. The van der Waals surface area contributed by atoms with Crippen LogP contribution in [0.25, 0.3) is 0 Å². The molecule has 2 aromatic rings. The molecule has 0 radical (unpaired) electrons. The molecule has 0 saturated heterocycles. The largest absolute Gasteiger partial charge is 0.269 e. The summed E-state index contributed by atoms with van der Waals surface area (Å²) in [4.78, 5) is 10.1. The minimum atomic E-state index is -0.418. The summed E-state index contributed by atoms with van der Waals surface area (Å²) in [6, 6.07) is 14.1. The van der Waals surface area contributed by atoms with Crippen molar-refractivity contribution >= 4 is 5.69 Å². The lowest BCUT2D eigenvalue weighted by Gasteiger charge is -1.95. The van der Waals surface area contributed by atoms with Gasteiger partial charge in [-0.1, -0.05) is 30.0 Å². The second-order valence-corrected chi connectivity index (χ2v) is 3.87. The lowest BCUT2D eigenvalue weighted by Crippen LogP contribution is -1.87. The molecule has 0 aliphatic rings. The van der Waals surface area contributed by atoms with Gasteiger partial charge in [0.25, 0.3) is 5.69 Å². The van der Waals surface area contributed by atoms with Crippen LogP contribution >= 0.6 is 0 Å². The third kappa shape index (κ3) is 2.74. The van der Waals surface area contributed by atoms with Crippen LogP contribution in [-0.4, -0.2) is 4.92 Å². The van der Waals surface area contributed by atoms with E-state index >= 15 is 0 Å². The molecular weight excluding hydrogens is 226 g/mol. The molecule has 2 aromatic carbocycles. The van der Waals surface area contributed by atoms with Crippen LogP contribution in [0.3, 0.4) is 0 Å². The van der Waals surface area contributed by atoms with Gasteiger partial charge in [-0.2, -0.15) is 0 Å². The average Bonchev–Trinajstić information content (AvgIpc) is 2.38. The van der Waals surface area contributed by atoms with Crippen LogP contribution in [0.5, 0.6) is 0 Å². The molecule has 0 fully saturated rings. The summed E-state index contributed by atoms with van der Waals surface area (Å²) in [5.41, 5.74) is 2.93. The van der Waals surface area contributed by atoms with E-state index < -0.39 is 4.92 Å². The number of nitrogens with zero attached hydrogens (tertiary/aromatic N) is 1. The van der Waals surface area contributed by atoms with Gasteiger partial charge in [0.1, 0.15) is 0 Å². The highest BCUT2D eigenvalue weighted by atomic mass is 16.6. The fourth-order valence-corrected chi connectivity index (χ4v) is 1.52. The molecule has 0 aromatic heterocycles. The lowest BCUT2D eigenvalue weighted by atomic mass is 10.1. The minimum Gasteiger partial charge on any atom is -0.258 e. The lowest BCUT2D eigenvalue weighted by molar-refractivity contribution is -0.384. The molecule has 0 aliphatic heterocycles. The van der Waals surface area contributed by atoms with E-state index in [0.29, 0.717) is 0 Å². The molecule has 0 aliphatic carbocycles. The molecule has 18 heavy (non-hydrogen) atoms. The zero-order valence-corrected chi connectivity index (χ0v) is 9.88. The number of rotatable bonds is 1. The van der Waals surface area contributed by atoms with Gasteiger partial charge in [0.05, 0.1) is 4.92 Å². The van der Waals surface area contributed by atoms with Gasteiger partial charge >= 0.3 is 0 Å². The van der Waals surface area contributed by atoms with Crippen molar-refractivity contribution in [3.63, 3.8) is 0 Å². The summed E-state index contributed by atoms with van der Waals surface area (Å²) in [5.74, 6) is 6.05. The van der Waals surface area contributed by atoms with Crippen molar-refractivity contribution in [1.82, 2.24) is 0 Å². The van der Waals surface area contributed by atoms with E-state index in [0.717, 1.165) is 16.7 Å². The van der Waals surface area contributed by atoms with Crippen molar-refractivity contribution < 1.29 is 4.92 Å². The van der Waals surface area contributed by atoms with Crippen molar-refractivity contribution in [2.24, 2.45) is 0 Å². The van der Waals surface area contributed by atoms with E-state index in [9.17, 15) is 10.1 Å². The Hall–Kier alpha value is -2.60. The second kappa shape index (κ2) is 5.15. The van der Waals surface area contributed by atoms with E-state index in [-0.39, 0.29) is 5.69 Å². The standard InChI is InChI=1S/C15H11NO2/c1-12-4-2-3-5-14(12)9-6-13-7-10-15(11-8-13)16(17)18/h2-5,7-8,10-11H,1H3. The van der Waals surface area contributed by atoms with Crippen LogP contribution in [0.15, 0.2) is 48.5 Å². The Balaban J connectivity index is 2.25. The quantitative estimate of drug-likeness (QED) is 0.434. The topological polar surface area (TPSA) is 43.1 Å². The Morgan fingerprint density at radius 3 is 2.28 bits per heavy atom. The van der Waals surface area contributed by atoms with E-state index in [1.165, 1.54) is 12.1 Å². The highest BCUT2D eigenvalue weighted by molar-refractivity contribution is 5.47. The summed E-state index contributed by atoms with van der Waals surface area (Å²) in [7, 11) is 0. The number of nitro benzene ring substituents is 1. The number of nitro groups is 1. The maximum absolute atomic E-state index is 10.5. The van der Waals surface area contributed by atoms with Crippen LogP contribution in [0, 0.1) is 28.9 Å². The van der Waals surface area contributed by atoms with Crippen LogP contribution in [-0.2, 0) is 0 Å². The van der Waals surface area contributed by atoms with Crippen molar-refractivity contribution in [3.05, 3.63) is 75.3 Å². The summed E-state index contributed by atoms with van der Waals surface area (Å²) in [5, 5.41) is 10.5. The van der Waals surface area contributed by atoms with Crippen molar-refractivity contribution in [2.45, 2.75) is 6.92 Å². The molecule has 2 rings (SSSR count). The number of non-ortho nitro benzene ring substituents is 1. The van der Waals surface area contributed by atoms with Gasteiger partial charge in [-0.05, 0) is 30.7 Å². The number of benzene rings is 2. The van der Waals surface area contributed by atoms with Crippen molar-refractivity contribution in [2.75, 3.05) is 0 Å². The number of aryl methyl sites for hydroxylation is 1. The fourth-order valence-electron chi connectivity index (χ4n) is 1.52. The van der Waals surface area contributed by atoms with Gasteiger partial charge in [0.2, 0.25) is 0 Å². The van der Waals surface area contributed by atoms with Gasteiger partial charge < -0.3 is 0 Å². The van der Waals surface area contributed by atoms with Gasteiger partial charge in [-0.25, -0.2) is 0 Å². The Bertz CT molecular complexity index is 634. The Kier molecular flexibility index (Phi) is 3.40. The first kappa shape index (κ1) is 11.9. The maximum Gasteiger partial charge on any atom is 0.269 e. The molecule has 0 amide bonds. The maximum atomic E-state index is 10.5. The highest BCUT2D eigenvalue weighted by Gasteiger charge is 2.02. The number of hydrogen-bond acceptors (Lipinski definition) is 2.